The molecule has 1 heterocycles. The third-order valence-electron chi connectivity index (χ3n) is 4.19. The molecule has 6 nitrogen and oxygen atoms in total. The van der Waals surface area contributed by atoms with Crippen LogP contribution in [-0.4, -0.2) is 23.5 Å². The number of aromatic nitrogens is 1. The van der Waals surface area contributed by atoms with Gasteiger partial charge in [-0.05, 0) is 43.9 Å². The molecule has 0 unspecified atom stereocenters. The van der Waals surface area contributed by atoms with Crippen LogP contribution in [0.4, 0.5) is 5.00 Å². The zero-order chi connectivity index (χ0) is 23.2. The van der Waals surface area contributed by atoms with Crippen molar-refractivity contribution in [1.82, 2.24) is 4.98 Å². The van der Waals surface area contributed by atoms with Crippen molar-refractivity contribution >= 4 is 28.2 Å². The van der Waals surface area contributed by atoms with Crippen LogP contribution in [0.15, 0.2) is 35.9 Å². The quantitative estimate of drug-likeness (QED) is 0.450. The number of thiazole rings is 1. The lowest BCUT2D eigenvalue weighted by molar-refractivity contribution is -0.143. The van der Waals surface area contributed by atoms with Crippen molar-refractivity contribution in [3.8, 4) is 6.07 Å². The van der Waals surface area contributed by atoms with E-state index in [1.54, 1.807) is 36.9 Å². The van der Waals surface area contributed by atoms with Crippen LogP contribution < -0.4 is 4.90 Å². The molecule has 0 bridgehead atoms. The predicted octanol–water partition coefficient (Wildman–Crippen LogP) is 4.95. The van der Waals surface area contributed by atoms with Crippen LogP contribution in [0.3, 0.4) is 0 Å². The Kier molecular flexibility index (Phi) is 8.12. The van der Waals surface area contributed by atoms with Crippen LogP contribution in [0.1, 0.15) is 56.4 Å². The molecule has 2 rings (SSSR count). The number of benzene rings is 1. The van der Waals surface area contributed by atoms with E-state index < -0.39 is 5.97 Å². The van der Waals surface area contributed by atoms with E-state index in [1.165, 1.54) is 17.4 Å². The van der Waals surface area contributed by atoms with Gasteiger partial charge >= 0.3 is 5.97 Å². The smallest absolute Gasteiger partial charge is 0.331 e. The van der Waals surface area contributed by atoms with E-state index in [1.807, 2.05) is 13.0 Å². The van der Waals surface area contributed by atoms with Crippen molar-refractivity contribution in [2.75, 3.05) is 11.5 Å². The van der Waals surface area contributed by atoms with Gasteiger partial charge in [-0.3, -0.25) is 9.69 Å². The molecular formula is C24H29N3O3S. The minimum absolute atomic E-state index is 0.0669. The number of allylic oxidation sites excluding steroid dienone is 1. The number of nitrogens with zero attached hydrogens (tertiary/aromatic N) is 3. The van der Waals surface area contributed by atoms with Gasteiger partial charge in [0.05, 0.1) is 28.9 Å². The highest BCUT2D eigenvalue weighted by atomic mass is 32.1. The topological polar surface area (TPSA) is 83.3 Å². The van der Waals surface area contributed by atoms with Crippen molar-refractivity contribution in [1.29, 1.82) is 5.26 Å². The van der Waals surface area contributed by atoms with Gasteiger partial charge in [0, 0.05) is 12.5 Å². The SMILES string of the molecule is CC(C)=CC(=O)OCC(=O)N(Cc1cccc(C#N)c1)c1sc(CC(C)(C)C)nc1C. The van der Waals surface area contributed by atoms with Gasteiger partial charge < -0.3 is 4.74 Å². The monoisotopic (exact) mass is 439 g/mol. The van der Waals surface area contributed by atoms with Crippen LogP contribution in [0, 0.1) is 23.7 Å². The largest absolute Gasteiger partial charge is 0.452 e. The van der Waals surface area contributed by atoms with Crippen molar-refractivity contribution in [2.45, 2.75) is 54.5 Å². The Morgan fingerprint density at radius 2 is 2.00 bits per heavy atom. The minimum Gasteiger partial charge on any atom is -0.452 e. The summed E-state index contributed by atoms with van der Waals surface area (Å²) in [6, 6.07) is 9.24. The van der Waals surface area contributed by atoms with Crippen LogP contribution in [0.2, 0.25) is 0 Å². The molecule has 0 saturated heterocycles. The highest BCUT2D eigenvalue weighted by Crippen LogP contribution is 2.33. The molecular weight excluding hydrogens is 410 g/mol. The molecule has 31 heavy (non-hydrogen) atoms. The van der Waals surface area contributed by atoms with Gasteiger partial charge in [0.1, 0.15) is 5.00 Å². The number of carbonyl (C=O) groups is 2. The van der Waals surface area contributed by atoms with Crippen molar-refractivity contribution in [2.24, 2.45) is 5.41 Å². The lowest BCUT2D eigenvalue weighted by Crippen LogP contribution is -2.34. The number of amides is 1. The van der Waals surface area contributed by atoms with E-state index in [0.29, 0.717) is 5.56 Å². The summed E-state index contributed by atoms with van der Waals surface area (Å²) in [6.45, 7) is 11.8. The van der Waals surface area contributed by atoms with Crippen LogP contribution in [0.5, 0.6) is 0 Å². The number of anilines is 1. The molecule has 0 spiro atoms. The summed E-state index contributed by atoms with van der Waals surface area (Å²) in [4.78, 5) is 31.2. The highest BCUT2D eigenvalue weighted by molar-refractivity contribution is 7.16. The normalized spacial score (nSPS) is 10.9. The molecule has 1 aromatic heterocycles. The molecule has 0 N–H and O–H groups in total. The van der Waals surface area contributed by atoms with Crippen LogP contribution >= 0.6 is 11.3 Å². The van der Waals surface area contributed by atoms with Gasteiger partial charge in [0.25, 0.3) is 5.91 Å². The molecule has 2 aromatic rings. The number of ether oxygens (including phenoxy) is 1. The first-order valence-electron chi connectivity index (χ1n) is 10.1. The lowest BCUT2D eigenvalue weighted by Gasteiger charge is -2.22. The Labute approximate surface area is 188 Å². The summed E-state index contributed by atoms with van der Waals surface area (Å²) in [7, 11) is 0. The predicted molar refractivity (Wildman–Crippen MR) is 123 cm³/mol. The second kappa shape index (κ2) is 10.4. The Bertz CT molecular complexity index is 1020. The van der Waals surface area contributed by atoms with E-state index in [2.05, 4.69) is 31.8 Å². The van der Waals surface area contributed by atoms with E-state index >= 15 is 0 Å². The third-order valence-corrected chi connectivity index (χ3v) is 5.37. The lowest BCUT2D eigenvalue weighted by atomic mass is 9.93. The maximum Gasteiger partial charge on any atom is 0.331 e. The van der Waals surface area contributed by atoms with Crippen molar-refractivity contribution in [3.05, 3.63) is 57.7 Å². The third kappa shape index (κ3) is 7.65. The van der Waals surface area contributed by atoms with Crippen LogP contribution in [0.25, 0.3) is 0 Å². The second-order valence-corrected chi connectivity index (χ2v) is 9.92. The Morgan fingerprint density at radius 3 is 2.61 bits per heavy atom. The second-order valence-electron chi connectivity index (χ2n) is 8.86. The molecule has 0 saturated carbocycles. The Balaban J connectivity index is 2.33. The fourth-order valence-corrected chi connectivity index (χ4v) is 4.29. The molecule has 1 aromatic carbocycles. The number of hydrogen-bond donors (Lipinski definition) is 0. The maximum absolute atomic E-state index is 13.1. The first kappa shape index (κ1) is 24.3. The fraction of sp³-hybridized carbons (Fsp3) is 0.417. The van der Waals surface area contributed by atoms with Gasteiger partial charge in [-0.1, -0.05) is 38.5 Å². The number of rotatable bonds is 7. The molecule has 0 radical (unpaired) electrons. The molecule has 7 heteroatoms. The Morgan fingerprint density at radius 1 is 1.29 bits per heavy atom. The summed E-state index contributed by atoms with van der Waals surface area (Å²) in [5.41, 5.74) is 2.96. The number of carbonyl (C=O) groups excluding carboxylic acids is 2. The van der Waals surface area contributed by atoms with Gasteiger partial charge in [-0.15, -0.1) is 11.3 Å². The fourth-order valence-electron chi connectivity index (χ4n) is 2.91. The highest BCUT2D eigenvalue weighted by Gasteiger charge is 2.24. The maximum atomic E-state index is 13.1. The summed E-state index contributed by atoms with van der Waals surface area (Å²) < 4.78 is 5.15. The van der Waals surface area contributed by atoms with Gasteiger partial charge in [0.15, 0.2) is 6.61 Å². The summed E-state index contributed by atoms with van der Waals surface area (Å²) in [5, 5.41) is 10.9. The first-order valence-corrected chi connectivity index (χ1v) is 10.9. The zero-order valence-electron chi connectivity index (χ0n) is 19.0. The van der Waals surface area contributed by atoms with E-state index in [-0.39, 0.29) is 24.5 Å². The van der Waals surface area contributed by atoms with Crippen LogP contribution in [-0.2, 0) is 27.3 Å². The Hall–Kier alpha value is -2.98. The van der Waals surface area contributed by atoms with E-state index in [0.717, 1.165) is 33.3 Å². The summed E-state index contributed by atoms with van der Waals surface area (Å²) >= 11 is 1.47. The molecule has 0 aliphatic rings. The van der Waals surface area contributed by atoms with Gasteiger partial charge in [-0.2, -0.15) is 5.26 Å². The first-order chi connectivity index (χ1) is 14.5. The average Bonchev–Trinajstić information content (AvgIpc) is 3.01. The standard InChI is InChI=1S/C24H29N3O3S/c1-16(2)10-22(29)30-15-21(28)27(14-19-9-7-8-18(11-19)13-25)23-17(3)26-20(31-23)12-24(4,5)6/h7-11H,12,14-15H2,1-6H3. The minimum atomic E-state index is -0.547. The summed E-state index contributed by atoms with van der Waals surface area (Å²) in [5.74, 6) is -0.888. The molecule has 0 aliphatic heterocycles. The van der Waals surface area contributed by atoms with E-state index in [4.69, 9.17) is 4.74 Å². The number of esters is 1. The molecule has 0 aliphatic carbocycles. The average molecular weight is 440 g/mol. The molecule has 0 atom stereocenters. The molecule has 0 fully saturated rings. The van der Waals surface area contributed by atoms with E-state index in [9.17, 15) is 14.9 Å². The number of nitriles is 1. The number of hydrogen-bond acceptors (Lipinski definition) is 6. The van der Waals surface area contributed by atoms with Crippen molar-refractivity contribution in [3.63, 3.8) is 0 Å². The molecule has 164 valence electrons. The number of aryl methyl sites for hydroxylation is 1. The van der Waals surface area contributed by atoms with Crippen molar-refractivity contribution < 1.29 is 14.3 Å². The molecule has 1 amide bonds. The zero-order valence-corrected chi connectivity index (χ0v) is 19.8. The van der Waals surface area contributed by atoms with Gasteiger partial charge in [-0.25, -0.2) is 9.78 Å². The summed E-state index contributed by atoms with van der Waals surface area (Å²) in [6.07, 6.45) is 2.15. The van der Waals surface area contributed by atoms with Gasteiger partial charge in [0.2, 0.25) is 0 Å².